The number of aliphatic hydroxyl groups excluding tert-OH is 2. The Morgan fingerprint density at radius 2 is 1.59 bits per heavy atom. The van der Waals surface area contributed by atoms with Gasteiger partial charge >= 0.3 is 5.97 Å². The number of rotatable bonds is 7. The topological polar surface area (TPSA) is 195 Å². The lowest BCUT2D eigenvalue weighted by Gasteiger charge is -2.42. The van der Waals surface area contributed by atoms with Crippen molar-refractivity contribution >= 4 is 29.2 Å². The van der Waals surface area contributed by atoms with Crippen molar-refractivity contribution in [2.75, 3.05) is 27.9 Å². The van der Waals surface area contributed by atoms with Crippen LogP contribution in [-0.4, -0.2) is 132 Å². The van der Waals surface area contributed by atoms with Gasteiger partial charge in [0.1, 0.15) is 30.1 Å². The average molecular weight is 928 g/mol. The van der Waals surface area contributed by atoms with E-state index in [0.29, 0.717) is 69.8 Å². The predicted octanol–water partition coefficient (Wildman–Crippen LogP) is 6.57. The maximum Gasteiger partial charge on any atom is 0.329 e. The zero-order chi connectivity index (χ0) is 48.9. The van der Waals surface area contributed by atoms with Crippen molar-refractivity contribution in [2.24, 2.45) is 35.5 Å². The van der Waals surface area contributed by atoms with Crippen LogP contribution in [0.1, 0.15) is 132 Å². The first kappa shape index (κ1) is 55.2. The molecule has 3 heterocycles. The van der Waals surface area contributed by atoms with Gasteiger partial charge in [-0.15, -0.1) is 0 Å². The monoisotopic (exact) mass is 928 g/mol. The number of amides is 1. The van der Waals surface area contributed by atoms with E-state index in [0.717, 1.165) is 12.0 Å². The molecule has 2 bridgehead atoms. The van der Waals surface area contributed by atoms with Crippen molar-refractivity contribution in [2.45, 2.75) is 186 Å². The van der Waals surface area contributed by atoms with Crippen molar-refractivity contribution < 1.29 is 63.0 Å². The number of methoxy groups -OCH3 is 3. The van der Waals surface area contributed by atoms with Crippen LogP contribution in [0.25, 0.3) is 0 Å². The summed E-state index contributed by atoms with van der Waals surface area (Å²) >= 11 is 0. The van der Waals surface area contributed by atoms with Crippen molar-refractivity contribution in [3.05, 3.63) is 47.6 Å². The number of ketones is 3. The number of hydrogen-bond acceptors (Lipinski definition) is 13. The lowest BCUT2D eigenvalue weighted by atomic mass is 9.78. The van der Waals surface area contributed by atoms with E-state index in [1.165, 1.54) is 12.0 Å². The van der Waals surface area contributed by atoms with Crippen LogP contribution in [0.5, 0.6) is 0 Å². The van der Waals surface area contributed by atoms with Crippen LogP contribution in [0.15, 0.2) is 47.6 Å². The van der Waals surface area contributed by atoms with Gasteiger partial charge in [-0.25, -0.2) is 4.79 Å². The zero-order valence-corrected chi connectivity index (χ0v) is 41.3. The second kappa shape index (κ2) is 25.8. The smallest absolute Gasteiger partial charge is 0.329 e. The first-order chi connectivity index (χ1) is 31.3. The Morgan fingerprint density at radius 3 is 2.26 bits per heavy atom. The van der Waals surface area contributed by atoms with E-state index in [1.54, 1.807) is 34.1 Å². The molecule has 0 radical (unpaired) electrons. The molecule has 3 N–H and O–H groups in total. The molecule has 0 aromatic heterocycles. The lowest BCUT2D eigenvalue weighted by molar-refractivity contribution is -0.265. The molecule has 1 aliphatic carbocycles. The summed E-state index contributed by atoms with van der Waals surface area (Å²) in [4.78, 5) is 72.2. The van der Waals surface area contributed by atoms with E-state index < -0.39 is 83.9 Å². The van der Waals surface area contributed by atoms with E-state index in [9.17, 15) is 39.3 Å². The van der Waals surface area contributed by atoms with Crippen LogP contribution in [0, 0.1) is 35.5 Å². The Bertz CT molecular complexity index is 1770. The number of fused-ring (bicyclic) bond motifs is 3. The molecule has 0 unspecified atom stereocenters. The third-order valence-electron chi connectivity index (χ3n) is 14.8. The van der Waals surface area contributed by atoms with Crippen LogP contribution >= 0.6 is 0 Å². The largest absolute Gasteiger partial charge is 0.460 e. The number of carbonyl (C=O) groups is 5. The highest BCUT2D eigenvalue weighted by Crippen LogP contribution is 2.38. The summed E-state index contributed by atoms with van der Waals surface area (Å²) in [5.41, 5.74) is 1.29. The molecule has 14 nitrogen and oxygen atoms in total. The second-order valence-corrected chi connectivity index (χ2v) is 19.8. The Hall–Kier alpha value is -3.37. The summed E-state index contributed by atoms with van der Waals surface area (Å²) in [5, 5.41) is 34.0. The number of carbonyl (C=O) groups excluding carboxylic acids is 5. The van der Waals surface area contributed by atoms with E-state index in [1.807, 2.05) is 65.0 Å². The third kappa shape index (κ3) is 14.3. The maximum absolute atomic E-state index is 14.4. The molecule has 15 atom stereocenters. The van der Waals surface area contributed by atoms with E-state index >= 15 is 0 Å². The van der Waals surface area contributed by atoms with Crippen molar-refractivity contribution in [1.29, 1.82) is 0 Å². The molecule has 66 heavy (non-hydrogen) atoms. The first-order valence-corrected chi connectivity index (χ1v) is 24.5. The van der Waals surface area contributed by atoms with Gasteiger partial charge in [-0.2, -0.15) is 0 Å². The Labute approximate surface area is 393 Å². The lowest BCUT2D eigenvalue weighted by Crippen LogP contribution is -2.61. The summed E-state index contributed by atoms with van der Waals surface area (Å²) in [6.07, 6.45) is 11.6. The van der Waals surface area contributed by atoms with Gasteiger partial charge in [0, 0.05) is 58.5 Å². The van der Waals surface area contributed by atoms with Gasteiger partial charge in [0.2, 0.25) is 5.79 Å². The minimum Gasteiger partial charge on any atom is -0.460 e. The Kier molecular flexibility index (Phi) is 21.6. The number of cyclic esters (lactones) is 1. The predicted molar refractivity (Wildman–Crippen MR) is 250 cm³/mol. The molecular formula is C52H81NO13. The molecule has 14 heteroatoms. The minimum absolute atomic E-state index is 0.0188. The molecule has 0 spiro atoms. The SMILES string of the molecule is CC[C@@H]1C=C(C)[C@@H](O)[C@@H](OC)C(=O)[C@H](C)C[C@H](C)C=CC=CC=C(C)[C@@H](OC)C[C@@H]2CC[C@@H](C)[C@@](O)(O2)C(=O)C(=O)N2CCCC[C@H]2C(=O)O[C@H]([C@H](C)C[C@@H]2CC[C@@H](O)[C@H](OC)C2)CC1=O. The standard InChI is InChI=1S/C52H81NO13/c1-11-38-27-35(6)47(57)48(64-10)46(56)34(5)25-31(2)17-13-12-14-18-32(3)43(62-8)29-39-22-20-36(7)52(61,66-39)49(58)50(59)53-24-16-15-19-40(53)51(60)65-44(30-42(38)55)33(4)26-37-21-23-41(54)45(28-37)63-9/h12-14,17-18,27,31,33-34,36-41,43-45,47-48,54,57,61H,11,15-16,19-26,28-30H2,1-10H3/t31-,33-,34-,36-,37+,38-,39+,40+,41-,43+,44+,45-,47-,48+,52-/m1/s1. The summed E-state index contributed by atoms with van der Waals surface area (Å²) in [5.74, 6) is -7.86. The molecule has 4 aliphatic rings. The van der Waals surface area contributed by atoms with E-state index in [-0.39, 0.29) is 54.8 Å². The van der Waals surface area contributed by atoms with Gasteiger partial charge < -0.3 is 43.9 Å². The van der Waals surface area contributed by atoms with E-state index in [4.69, 9.17) is 23.7 Å². The van der Waals surface area contributed by atoms with Gasteiger partial charge in [0.15, 0.2) is 5.78 Å². The molecule has 372 valence electrons. The fraction of sp³-hybridized carbons (Fsp3) is 0.750. The quantitative estimate of drug-likeness (QED) is 0.141. The van der Waals surface area contributed by atoms with Crippen LogP contribution in [0.3, 0.4) is 0 Å². The summed E-state index contributed by atoms with van der Waals surface area (Å²) in [6, 6.07) is -1.14. The molecule has 3 fully saturated rings. The average Bonchev–Trinajstić information content (AvgIpc) is 3.30. The van der Waals surface area contributed by atoms with E-state index in [2.05, 4.69) is 0 Å². The number of Topliss-reactive ketones (excluding diaryl/α,β-unsaturated/α-hetero) is 3. The molecule has 0 aromatic carbocycles. The molecule has 2 saturated heterocycles. The van der Waals surface area contributed by atoms with Crippen LogP contribution in [0.2, 0.25) is 0 Å². The van der Waals surface area contributed by atoms with Crippen LogP contribution < -0.4 is 0 Å². The fourth-order valence-corrected chi connectivity index (χ4v) is 10.4. The molecule has 0 aromatic rings. The summed E-state index contributed by atoms with van der Waals surface area (Å²) in [7, 11) is 4.53. The number of ether oxygens (including phenoxy) is 5. The van der Waals surface area contributed by atoms with Gasteiger partial charge in [0.05, 0.1) is 24.4 Å². The number of esters is 1. The fourth-order valence-electron chi connectivity index (χ4n) is 10.4. The van der Waals surface area contributed by atoms with Gasteiger partial charge in [-0.3, -0.25) is 19.2 Å². The molecular weight excluding hydrogens is 847 g/mol. The first-order valence-electron chi connectivity index (χ1n) is 24.5. The highest BCUT2D eigenvalue weighted by atomic mass is 16.6. The van der Waals surface area contributed by atoms with Gasteiger partial charge in [-0.05, 0) is 113 Å². The number of hydrogen-bond donors (Lipinski definition) is 3. The number of allylic oxidation sites excluding steroid dienone is 6. The van der Waals surface area contributed by atoms with Gasteiger partial charge in [-0.1, -0.05) is 71.1 Å². The molecule has 4 rings (SSSR count). The minimum atomic E-state index is -2.43. The van der Waals surface area contributed by atoms with Crippen molar-refractivity contribution in [3.8, 4) is 0 Å². The van der Waals surface area contributed by atoms with Gasteiger partial charge in [0.25, 0.3) is 11.7 Å². The number of nitrogens with zero attached hydrogens (tertiary/aromatic N) is 1. The summed E-state index contributed by atoms with van der Waals surface area (Å²) < 4.78 is 29.5. The highest BCUT2D eigenvalue weighted by Gasteiger charge is 2.53. The maximum atomic E-state index is 14.4. The Morgan fingerprint density at radius 1 is 0.864 bits per heavy atom. The molecule has 3 aliphatic heterocycles. The van der Waals surface area contributed by atoms with Crippen LogP contribution in [0.4, 0.5) is 0 Å². The van der Waals surface area contributed by atoms with Crippen molar-refractivity contribution in [3.63, 3.8) is 0 Å². The van der Waals surface area contributed by atoms with Crippen molar-refractivity contribution in [1.82, 2.24) is 4.90 Å². The highest BCUT2D eigenvalue weighted by molar-refractivity contribution is 6.39. The number of piperidine rings is 1. The number of aliphatic hydroxyl groups is 3. The molecule has 1 saturated carbocycles. The second-order valence-electron chi connectivity index (χ2n) is 19.8. The molecule has 1 amide bonds. The van der Waals surface area contributed by atoms with Crippen LogP contribution in [-0.2, 0) is 47.7 Å². The third-order valence-corrected chi connectivity index (χ3v) is 14.8. The summed E-state index contributed by atoms with van der Waals surface area (Å²) in [6.45, 7) is 12.9. The Balaban J connectivity index is 1.72. The normalized spacial score (nSPS) is 37.4. The zero-order valence-electron chi connectivity index (χ0n) is 41.3.